The molecule has 4 rings (SSSR count). The van der Waals surface area contributed by atoms with Gasteiger partial charge in [0.05, 0.1) is 17.5 Å². The van der Waals surface area contributed by atoms with E-state index < -0.39 is 0 Å². The fourth-order valence-electron chi connectivity index (χ4n) is 3.94. The number of aromatic nitrogens is 1. The molecule has 32 heavy (non-hydrogen) atoms. The lowest BCUT2D eigenvalue weighted by Gasteiger charge is -2.10. The number of carbonyl (C=O) groups excluding carboxylic acids is 1. The number of aryl methyl sites for hydroxylation is 2. The number of nitrogens with zero attached hydrogens (tertiary/aromatic N) is 3. The van der Waals surface area contributed by atoms with E-state index in [1.165, 1.54) is 28.6 Å². The van der Waals surface area contributed by atoms with Gasteiger partial charge in [-0.2, -0.15) is 10.4 Å². The molecule has 1 amide bonds. The Hall–Kier alpha value is -2.53. The summed E-state index contributed by atoms with van der Waals surface area (Å²) in [7, 11) is 0. The van der Waals surface area contributed by atoms with Gasteiger partial charge in [0.15, 0.2) is 0 Å². The van der Waals surface area contributed by atoms with Crippen LogP contribution in [0.5, 0.6) is 0 Å². The Bertz CT molecular complexity index is 1220. The number of carbonyl (C=O) groups is 1. The van der Waals surface area contributed by atoms with E-state index in [0.29, 0.717) is 5.02 Å². The summed E-state index contributed by atoms with van der Waals surface area (Å²) in [5, 5.41) is 15.6. The van der Waals surface area contributed by atoms with Crippen LogP contribution in [0.2, 0.25) is 5.02 Å². The van der Waals surface area contributed by atoms with Crippen LogP contribution >= 0.6 is 34.7 Å². The minimum Gasteiger partial charge on any atom is -0.308 e. The molecule has 0 saturated carbocycles. The van der Waals surface area contributed by atoms with Crippen LogP contribution in [0.3, 0.4) is 0 Å². The molecule has 164 valence electrons. The van der Waals surface area contributed by atoms with Crippen molar-refractivity contribution < 1.29 is 4.79 Å². The first-order valence-corrected chi connectivity index (χ1v) is 12.6. The van der Waals surface area contributed by atoms with Gasteiger partial charge in [-0.25, -0.2) is 5.43 Å². The van der Waals surface area contributed by atoms with E-state index in [2.05, 4.69) is 21.2 Å². The van der Waals surface area contributed by atoms with Crippen LogP contribution in [-0.4, -0.2) is 22.4 Å². The Morgan fingerprint density at radius 1 is 1.31 bits per heavy atom. The van der Waals surface area contributed by atoms with Gasteiger partial charge >= 0.3 is 0 Å². The molecule has 8 heteroatoms. The molecule has 2 heterocycles. The lowest BCUT2D eigenvalue weighted by molar-refractivity contribution is -0.118. The highest BCUT2D eigenvalue weighted by Crippen LogP contribution is 2.38. The van der Waals surface area contributed by atoms with Gasteiger partial charge in [0.2, 0.25) is 5.91 Å². The number of nitrogens with one attached hydrogen (secondary N) is 1. The summed E-state index contributed by atoms with van der Waals surface area (Å²) in [6, 6.07) is 11.9. The van der Waals surface area contributed by atoms with Crippen molar-refractivity contribution >= 4 is 46.8 Å². The first kappa shape index (κ1) is 22.7. The third kappa shape index (κ3) is 4.78. The average molecular weight is 483 g/mol. The second kappa shape index (κ2) is 9.95. The van der Waals surface area contributed by atoms with Gasteiger partial charge in [0, 0.05) is 31.7 Å². The number of thioether (sulfide) groups is 1. The van der Waals surface area contributed by atoms with Gasteiger partial charge in [0.25, 0.3) is 0 Å². The maximum atomic E-state index is 12.1. The zero-order chi connectivity index (χ0) is 22.7. The highest BCUT2D eigenvalue weighted by molar-refractivity contribution is 8.00. The Balaban J connectivity index is 1.46. The zero-order valence-corrected chi connectivity index (χ0v) is 20.3. The summed E-state index contributed by atoms with van der Waals surface area (Å²) in [6.45, 7) is 4.05. The quantitative estimate of drug-likeness (QED) is 0.274. The van der Waals surface area contributed by atoms with Gasteiger partial charge < -0.3 is 4.57 Å². The number of thiophene rings is 1. The van der Waals surface area contributed by atoms with Gasteiger partial charge in [-0.1, -0.05) is 11.6 Å². The zero-order valence-electron chi connectivity index (χ0n) is 17.9. The molecule has 0 radical (unpaired) electrons. The van der Waals surface area contributed by atoms with Gasteiger partial charge in [-0.15, -0.1) is 23.1 Å². The largest absolute Gasteiger partial charge is 0.308 e. The molecule has 3 aromatic rings. The molecular formula is C24H23ClN4OS2. The number of nitriles is 1. The molecule has 0 unspecified atom stereocenters. The van der Waals surface area contributed by atoms with Crippen molar-refractivity contribution in [2.24, 2.45) is 5.10 Å². The Morgan fingerprint density at radius 2 is 2.06 bits per heavy atom. The number of hydrogen-bond donors (Lipinski definition) is 1. The summed E-state index contributed by atoms with van der Waals surface area (Å²) in [6.07, 6.45) is 6.05. The number of rotatable bonds is 6. The third-order valence-electron chi connectivity index (χ3n) is 5.51. The van der Waals surface area contributed by atoms with Crippen molar-refractivity contribution in [1.82, 2.24) is 9.99 Å². The van der Waals surface area contributed by atoms with Crippen LogP contribution < -0.4 is 5.43 Å². The molecule has 2 aromatic heterocycles. The monoisotopic (exact) mass is 482 g/mol. The molecule has 0 bridgehead atoms. The van der Waals surface area contributed by atoms with Gasteiger partial charge in [-0.3, -0.25) is 4.79 Å². The number of hydrazone groups is 1. The predicted molar refractivity (Wildman–Crippen MR) is 132 cm³/mol. The van der Waals surface area contributed by atoms with Crippen molar-refractivity contribution in [1.29, 1.82) is 5.26 Å². The Morgan fingerprint density at radius 3 is 2.81 bits per heavy atom. The van der Waals surface area contributed by atoms with Crippen LogP contribution in [0.15, 0.2) is 40.3 Å². The lowest BCUT2D eigenvalue weighted by Crippen LogP contribution is -2.19. The summed E-state index contributed by atoms with van der Waals surface area (Å²) >= 11 is 9.04. The molecule has 1 aromatic carbocycles. The number of halogens is 1. The van der Waals surface area contributed by atoms with E-state index in [1.54, 1.807) is 29.7 Å². The minimum atomic E-state index is -0.173. The highest BCUT2D eigenvalue weighted by Gasteiger charge is 2.23. The summed E-state index contributed by atoms with van der Waals surface area (Å²) in [5.74, 6) is 0.0947. The second-order valence-corrected chi connectivity index (χ2v) is 10.3. The summed E-state index contributed by atoms with van der Waals surface area (Å²) in [4.78, 5) is 14.5. The van der Waals surface area contributed by atoms with Crippen molar-refractivity contribution in [2.75, 3.05) is 5.75 Å². The standard InChI is InChI=1S/C24H23ClN4OS2/c1-15-11-17(13-27-28-23(30)14-31-19-9-7-18(25)8-10-19)16(2)29(15)24-21(12-26)20-5-3-4-6-22(20)32-24/h7-11,13H,3-6,14H2,1-2H3,(H,28,30)/b27-13-. The first-order chi connectivity index (χ1) is 15.5. The van der Waals surface area contributed by atoms with Crippen LogP contribution in [0.4, 0.5) is 0 Å². The summed E-state index contributed by atoms with van der Waals surface area (Å²) in [5.41, 5.74) is 7.60. The van der Waals surface area contributed by atoms with E-state index >= 15 is 0 Å². The van der Waals surface area contributed by atoms with Crippen molar-refractivity contribution in [3.63, 3.8) is 0 Å². The van der Waals surface area contributed by atoms with E-state index in [4.69, 9.17) is 11.6 Å². The first-order valence-electron chi connectivity index (χ1n) is 10.4. The van der Waals surface area contributed by atoms with E-state index in [0.717, 1.165) is 51.7 Å². The molecule has 0 atom stereocenters. The SMILES string of the molecule is Cc1cc(/C=N\NC(=O)CSc2ccc(Cl)cc2)c(C)n1-c1sc2c(c1C#N)CCCC2. The number of benzene rings is 1. The normalized spacial score (nSPS) is 13.2. The number of amides is 1. The topological polar surface area (TPSA) is 70.2 Å². The predicted octanol–water partition coefficient (Wildman–Crippen LogP) is 5.80. The summed E-state index contributed by atoms with van der Waals surface area (Å²) < 4.78 is 2.14. The molecule has 0 spiro atoms. The molecule has 1 aliphatic rings. The minimum absolute atomic E-state index is 0.173. The maximum absolute atomic E-state index is 12.1. The molecule has 5 nitrogen and oxygen atoms in total. The van der Waals surface area contributed by atoms with E-state index in [1.807, 2.05) is 32.0 Å². The van der Waals surface area contributed by atoms with E-state index in [9.17, 15) is 10.1 Å². The number of fused-ring (bicyclic) bond motifs is 1. The van der Waals surface area contributed by atoms with Crippen molar-refractivity contribution in [3.8, 4) is 11.1 Å². The smallest absolute Gasteiger partial charge is 0.250 e. The van der Waals surface area contributed by atoms with Crippen molar-refractivity contribution in [3.05, 3.63) is 68.3 Å². The average Bonchev–Trinajstić information content (AvgIpc) is 3.29. The van der Waals surface area contributed by atoms with Gasteiger partial charge in [-0.05, 0) is 75.4 Å². The number of hydrogen-bond acceptors (Lipinski definition) is 5. The lowest BCUT2D eigenvalue weighted by atomic mass is 9.96. The van der Waals surface area contributed by atoms with Crippen LogP contribution in [-0.2, 0) is 17.6 Å². The van der Waals surface area contributed by atoms with Gasteiger partial charge in [0.1, 0.15) is 11.1 Å². The molecule has 1 aliphatic carbocycles. The van der Waals surface area contributed by atoms with Crippen LogP contribution in [0.25, 0.3) is 5.00 Å². The van der Waals surface area contributed by atoms with Crippen LogP contribution in [0, 0.1) is 25.2 Å². The highest BCUT2D eigenvalue weighted by atomic mass is 35.5. The molecular weight excluding hydrogens is 460 g/mol. The Labute approximate surface area is 201 Å². The fraction of sp³-hybridized carbons (Fsp3) is 0.292. The fourth-order valence-corrected chi connectivity index (χ4v) is 6.21. The molecule has 0 saturated heterocycles. The molecule has 1 N–H and O–H groups in total. The third-order valence-corrected chi connectivity index (χ3v) is 8.06. The molecule has 0 aliphatic heterocycles. The van der Waals surface area contributed by atoms with Crippen LogP contribution in [0.1, 0.15) is 45.8 Å². The maximum Gasteiger partial charge on any atom is 0.250 e. The molecule has 0 fully saturated rings. The second-order valence-electron chi connectivity index (χ2n) is 7.70. The van der Waals surface area contributed by atoms with Crippen molar-refractivity contribution in [2.45, 2.75) is 44.4 Å². The van der Waals surface area contributed by atoms with E-state index in [-0.39, 0.29) is 11.7 Å². The Kier molecular flexibility index (Phi) is 7.04.